The van der Waals surface area contributed by atoms with E-state index < -0.39 is 6.23 Å². The molecule has 1 heterocycles. The van der Waals surface area contributed by atoms with Gasteiger partial charge in [-0.25, -0.2) is 0 Å². The first kappa shape index (κ1) is 17.4. The molecule has 1 unspecified atom stereocenters. The molecule has 6 heteroatoms. The first-order chi connectivity index (χ1) is 11.2. The fourth-order valence-electron chi connectivity index (χ4n) is 2.70. The van der Waals surface area contributed by atoms with Gasteiger partial charge in [0.2, 0.25) is 0 Å². The number of aromatic nitrogens is 1. The van der Waals surface area contributed by atoms with Gasteiger partial charge in [-0.15, -0.1) is 0 Å². The van der Waals surface area contributed by atoms with Gasteiger partial charge in [0, 0.05) is 32.9 Å². The van der Waals surface area contributed by atoms with Gasteiger partial charge in [0.15, 0.2) is 6.23 Å². The van der Waals surface area contributed by atoms with Crippen LogP contribution in [-0.2, 0) is 0 Å². The maximum Gasteiger partial charge on any atom is 0.150 e. The Hall–Kier alpha value is -1.46. The van der Waals surface area contributed by atoms with E-state index in [1.54, 1.807) is 0 Å². The van der Waals surface area contributed by atoms with Crippen LogP contribution >= 0.6 is 23.2 Å². The highest BCUT2D eigenvalue weighted by molar-refractivity contribution is 6.33. The summed E-state index contributed by atoms with van der Waals surface area (Å²) in [6.07, 6.45) is -0.741. The van der Waals surface area contributed by atoms with Gasteiger partial charge in [-0.3, -0.25) is 10.1 Å². The number of aliphatic hydroxyl groups is 1. The van der Waals surface area contributed by atoms with Crippen LogP contribution in [0.25, 0.3) is 21.8 Å². The molecule has 0 saturated carbocycles. The molecule has 3 rings (SSSR count). The molecule has 0 aliphatic rings. The van der Waals surface area contributed by atoms with Crippen LogP contribution in [0.3, 0.4) is 0 Å². The van der Waals surface area contributed by atoms with Crippen LogP contribution in [0, 0.1) is 0 Å². The van der Waals surface area contributed by atoms with Crippen molar-refractivity contribution in [2.24, 2.45) is 0 Å². The van der Waals surface area contributed by atoms with Crippen molar-refractivity contribution >= 4 is 45.0 Å². The third-order valence-electron chi connectivity index (χ3n) is 3.79. The van der Waals surface area contributed by atoms with Crippen LogP contribution in [-0.4, -0.2) is 28.1 Å². The van der Waals surface area contributed by atoms with E-state index in [9.17, 15) is 5.11 Å². The van der Waals surface area contributed by atoms with E-state index in [4.69, 9.17) is 23.2 Å². The summed E-state index contributed by atoms with van der Waals surface area (Å²) in [5.41, 5.74) is 4.95. The zero-order valence-corrected chi connectivity index (χ0v) is 15.4. The largest absolute Gasteiger partial charge is 0.371 e. The van der Waals surface area contributed by atoms with Crippen molar-refractivity contribution in [3.05, 3.63) is 46.4 Å². The molecule has 3 N–H and O–H groups in total. The molecule has 0 saturated heterocycles. The topological polar surface area (TPSA) is 49.2 Å². The lowest BCUT2D eigenvalue weighted by molar-refractivity contribution is 0.174. The minimum Gasteiger partial charge on any atom is -0.371 e. The first-order valence-electron chi connectivity index (χ1n) is 7.83. The van der Waals surface area contributed by atoms with Gasteiger partial charge < -0.3 is 10.4 Å². The van der Waals surface area contributed by atoms with Crippen LogP contribution in [0.1, 0.15) is 20.8 Å². The van der Waals surface area contributed by atoms with Crippen molar-refractivity contribution in [3.8, 4) is 0 Å². The van der Waals surface area contributed by atoms with Gasteiger partial charge in [-0.2, -0.15) is 0 Å². The number of hydrogen-bond donors (Lipinski definition) is 3. The number of halogens is 2. The van der Waals surface area contributed by atoms with Gasteiger partial charge in [-0.1, -0.05) is 23.2 Å². The summed E-state index contributed by atoms with van der Waals surface area (Å²) in [5.74, 6) is 0. The van der Waals surface area contributed by atoms with E-state index in [-0.39, 0.29) is 5.54 Å². The summed E-state index contributed by atoms with van der Waals surface area (Å²) in [6, 6.07) is 11.4. The van der Waals surface area contributed by atoms with Crippen LogP contribution in [0.5, 0.6) is 0 Å². The third-order valence-corrected chi connectivity index (χ3v) is 4.26. The summed E-state index contributed by atoms with van der Waals surface area (Å²) >= 11 is 12.3. The highest BCUT2D eigenvalue weighted by atomic mass is 35.5. The maximum absolute atomic E-state index is 10.4. The molecule has 1 atom stereocenters. The molecule has 1 aromatic heterocycles. The number of fused-ring (bicyclic) bond motifs is 3. The average molecular weight is 366 g/mol. The smallest absolute Gasteiger partial charge is 0.150 e. The normalized spacial score (nSPS) is 13.6. The fraction of sp³-hybridized carbons (Fsp3) is 0.333. The van der Waals surface area contributed by atoms with Gasteiger partial charge >= 0.3 is 0 Å². The van der Waals surface area contributed by atoms with Crippen molar-refractivity contribution in [1.29, 1.82) is 0 Å². The molecular weight excluding hydrogens is 345 g/mol. The molecule has 0 amide bonds. The molecule has 2 aromatic carbocycles. The van der Waals surface area contributed by atoms with Crippen LogP contribution in [0.4, 0.5) is 0 Å². The van der Waals surface area contributed by atoms with Crippen molar-refractivity contribution in [2.75, 3.05) is 12.0 Å². The van der Waals surface area contributed by atoms with Crippen LogP contribution < -0.4 is 10.7 Å². The Morgan fingerprint density at radius 3 is 1.96 bits per heavy atom. The van der Waals surface area contributed by atoms with Crippen LogP contribution in [0.15, 0.2) is 36.4 Å². The lowest BCUT2D eigenvalue weighted by atomic mass is 10.1. The van der Waals surface area contributed by atoms with Gasteiger partial charge in [0.1, 0.15) is 0 Å². The number of benzene rings is 2. The SMILES string of the molecule is CC(C)(C)NCC(O)Nn1c2ccc(Cl)cc2c2cc(Cl)ccc21. The Morgan fingerprint density at radius 2 is 1.50 bits per heavy atom. The summed E-state index contributed by atoms with van der Waals surface area (Å²) in [5, 5.41) is 17.0. The number of hydrogen-bond acceptors (Lipinski definition) is 3. The number of nitrogens with one attached hydrogen (secondary N) is 2. The minimum atomic E-state index is -0.741. The fourth-order valence-corrected chi connectivity index (χ4v) is 3.05. The molecular formula is C18H21Cl2N3O. The van der Waals surface area contributed by atoms with Gasteiger partial charge in [0.05, 0.1) is 11.0 Å². The second-order valence-electron chi connectivity index (χ2n) is 6.93. The summed E-state index contributed by atoms with van der Waals surface area (Å²) in [4.78, 5) is 0. The number of β-amino-alcohol motifs (C(OH)–C–C–N with tert-alkyl or cyclic N) is 1. The highest BCUT2D eigenvalue weighted by Gasteiger charge is 2.16. The number of aliphatic hydroxyl groups excluding tert-OH is 1. The predicted molar refractivity (Wildman–Crippen MR) is 103 cm³/mol. The zero-order chi connectivity index (χ0) is 17.5. The summed E-state index contributed by atoms with van der Waals surface area (Å²) < 4.78 is 1.88. The molecule has 0 bridgehead atoms. The zero-order valence-electron chi connectivity index (χ0n) is 13.9. The molecule has 0 fully saturated rings. The molecule has 128 valence electrons. The molecule has 4 nitrogen and oxygen atoms in total. The van der Waals surface area contributed by atoms with Crippen molar-refractivity contribution in [1.82, 2.24) is 9.99 Å². The van der Waals surface area contributed by atoms with E-state index >= 15 is 0 Å². The summed E-state index contributed by atoms with van der Waals surface area (Å²) in [6.45, 7) is 6.60. The first-order valence-corrected chi connectivity index (χ1v) is 8.59. The highest BCUT2D eigenvalue weighted by Crippen LogP contribution is 2.32. The Labute approximate surface area is 151 Å². The molecule has 0 aliphatic carbocycles. The quantitative estimate of drug-likeness (QED) is 0.602. The summed E-state index contributed by atoms with van der Waals surface area (Å²) in [7, 11) is 0. The monoisotopic (exact) mass is 365 g/mol. The lowest BCUT2D eigenvalue weighted by Gasteiger charge is -2.24. The Morgan fingerprint density at radius 1 is 1.00 bits per heavy atom. The van der Waals surface area contributed by atoms with Gasteiger partial charge in [-0.05, 0) is 57.2 Å². The Balaban J connectivity index is 2.02. The van der Waals surface area contributed by atoms with E-state index in [1.807, 2.05) is 41.1 Å². The standard InChI is InChI=1S/C18H21Cl2N3O/c1-18(2,3)21-10-17(24)22-23-15-6-4-11(19)8-13(15)14-9-12(20)5-7-16(14)23/h4-9,17,21-22,24H,10H2,1-3H3. The van der Waals surface area contributed by atoms with Crippen molar-refractivity contribution < 1.29 is 5.11 Å². The lowest BCUT2D eigenvalue weighted by Crippen LogP contribution is -2.44. The van der Waals surface area contributed by atoms with Gasteiger partial charge in [0.25, 0.3) is 0 Å². The Kier molecular flexibility index (Phi) is 4.67. The predicted octanol–water partition coefficient (Wildman–Crippen LogP) is 4.35. The van der Waals surface area contributed by atoms with Crippen molar-refractivity contribution in [2.45, 2.75) is 32.5 Å². The molecule has 24 heavy (non-hydrogen) atoms. The second-order valence-corrected chi connectivity index (χ2v) is 7.81. The maximum atomic E-state index is 10.4. The molecule has 0 aliphatic heterocycles. The van der Waals surface area contributed by atoms with E-state index in [2.05, 4.69) is 31.5 Å². The van der Waals surface area contributed by atoms with Crippen molar-refractivity contribution in [3.63, 3.8) is 0 Å². The van der Waals surface area contributed by atoms with E-state index in [0.717, 1.165) is 21.8 Å². The van der Waals surface area contributed by atoms with Crippen LogP contribution in [0.2, 0.25) is 10.0 Å². The molecule has 3 aromatic rings. The van der Waals surface area contributed by atoms with E-state index in [1.165, 1.54) is 0 Å². The third kappa shape index (κ3) is 3.62. The minimum absolute atomic E-state index is 0.0649. The Bertz CT molecular complexity index is 824. The molecule has 0 radical (unpaired) electrons. The number of nitrogens with zero attached hydrogens (tertiary/aromatic N) is 1. The number of rotatable bonds is 4. The molecule has 0 spiro atoms. The van der Waals surface area contributed by atoms with E-state index in [0.29, 0.717) is 16.6 Å². The second kappa shape index (κ2) is 6.45. The average Bonchev–Trinajstić information content (AvgIpc) is 2.78.